The van der Waals surface area contributed by atoms with Gasteiger partial charge in [0.25, 0.3) is 0 Å². The maximum Gasteiger partial charge on any atom is 0.164 e. The fraction of sp³-hybridized carbons (Fsp3) is 0.0545. The van der Waals surface area contributed by atoms with Gasteiger partial charge < -0.3 is 4.74 Å². The first-order valence-electron chi connectivity index (χ1n) is 20.5. The van der Waals surface area contributed by atoms with E-state index in [0.29, 0.717) is 17.5 Å². The summed E-state index contributed by atoms with van der Waals surface area (Å²) in [5.41, 5.74) is 14.8. The Kier molecular flexibility index (Phi) is 7.82. The van der Waals surface area contributed by atoms with Crippen LogP contribution in [-0.2, 0) is 5.41 Å². The van der Waals surface area contributed by atoms with E-state index in [-0.39, 0.29) is 0 Å². The number of ether oxygens (including phenoxy) is 1. The van der Waals surface area contributed by atoms with E-state index >= 15 is 0 Å². The van der Waals surface area contributed by atoms with Crippen molar-refractivity contribution in [3.8, 4) is 67.7 Å². The first-order chi connectivity index (χ1) is 29.7. The highest BCUT2D eigenvalue weighted by Gasteiger charge is 2.51. The molecule has 0 fully saturated rings. The number of nitrogens with zero attached hydrogens (tertiary/aromatic N) is 4. The lowest BCUT2D eigenvalue weighted by Crippen LogP contribution is -2.32. The molecule has 5 nitrogen and oxygen atoms in total. The zero-order valence-electron chi connectivity index (χ0n) is 32.6. The molecule has 0 atom stereocenters. The summed E-state index contributed by atoms with van der Waals surface area (Å²) >= 11 is 0. The number of hydrogen-bond donors (Lipinski definition) is 0. The highest BCUT2D eigenvalue weighted by atomic mass is 16.5. The maximum absolute atomic E-state index is 7.15. The third-order valence-electron chi connectivity index (χ3n) is 12.3. The summed E-state index contributed by atoms with van der Waals surface area (Å²) < 4.78 is 7.15. The zero-order chi connectivity index (χ0) is 39.6. The number of aromatic nitrogens is 4. The second-order valence-corrected chi connectivity index (χ2v) is 15.6. The van der Waals surface area contributed by atoms with Crippen molar-refractivity contribution >= 4 is 16.5 Å². The Morgan fingerprint density at radius 3 is 1.80 bits per heavy atom. The number of benzene rings is 7. The van der Waals surface area contributed by atoms with E-state index < -0.39 is 5.41 Å². The minimum atomic E-state index is -0.610. The molecule has 2 aliphatic carbocycles. The van der Waals surface area contributed by atoms with E-state index in [0.717, 1.165) is 85.3 Å². The number of hydrogen-bond acceptors (Lipinski definition) is 5. The van der Waals surface area contributed by atoms with Crippen LogP contribution in [0.2, 0.25) is 0 Å². The quantitative estimate of drug-likeness (QED) is 0.174. The van der Waals surface area contributed by atoms with E-state index in [1.54, 1.807) is 0 Å². The first kappa shape index (κ1) is 34.3. The van der Waals surface area contributed by atoms with Crippen LogP contribution in [0.15, 0.2) is 194 Å². The molecule has 0 unspecified atom stereocenters. The van der Waals surface area contributed by atoms with Gasteiger partial charge in [-0.3, -0.25) is 4.98 Å². The number of pyridine rings is 1. The molecule has 9 aromatic rings. The average molecular weight is 769 g/mol. The van der Waals surface area contributed by atoms with Crippen LogP contribution in [0.25, 0.3) is 72.6 Å². The van der Waals surface area contributed by atoms with Crippen molar-refractivity contribution in [2.24, 2.45) is 0 Å². The Morgan fingerprint density at radius 2 is 1.03 bits per heavy atom. The molecule has 1 aliphatic heterocycles. The Morgan fingerprint density at radius 1 is 0.433 bits per heavy atom. The molecule has 7 aromatic carbocycles. The van der Waals surface area contributed by atoms with Crippen LogP contribution in [0, 0.1) is 0 Å². The van der Waals surface area contributed by atoms with Gasteiger partial charge in [-0.2, -0.15) is 0 Å². The van der Waals surface area contributed by atoms with Gasteiger partial charge in [0, 0.05) is 45.0 Å². The fourth-order valence-electron chi connectivity index (χ4n) is 9.56. The van der Waals surface area contributed by atoms with E-state index in [1.165, 1.54) is 22.3 Å². The molecule has 0 N–H and O–H groups in total. The summed E-state index contributed by atoms with van der Waals surface area (Å²) in [7, 11) is 0. The lowest BCUT2D eigenvalue weighted by atomic mass is 9.66. The Hall–Kier alpha value is -7.76. The predicted molar refractivity (Wildman–Crippen MR) is 241 cm³/mol. The van der Waals surface area contributed by atoms with Crippen molar-refractivity contribution < 1.29 is 4.74 Å². The Labute approximate surface area is 348 Å². The van der Waals surface area contributed by atoms with Crippen molar-refractivity contribution in [2.75, 3.05) is 0 Å². The molecule has 60 heavy (non-hydrogen) atoms. The third-order valence-corrected chi connectivity index (χ3v) is 12.3. The van der Waals surface area contributed by atoms with Gasteiger partial charge in [0.2, 0.25) is 0 Å². The summed E-state index contributed by atoms with van der Waals surface area (Å²) in [6, 6.07) is 60.3. The van der Waals surface area contributed by atoms with E-state index in [4.69, 9.17) is 24.7 Å². The highest BCUT2D eigenvalue weighted by Crippen LogP contribution is 2.62. The molecule has 3 heterocycles. The number of para-hydroxylation sites is 1. The van der Waals surface area contributed by atoms with Gasteiger partial charge in [-0.15, -0.1) is 0 Å². The second-order valence-electron chi connectivity index (χ2n) is 15.6. The number of rotatable bonds is 5. The smallest absolute Gasteiger partial charge is 0.164 e. The van der Waals surface area contributed by atoms with Crippen LogP contribution >= 0.6 is 0 Å². The molecule has 2 aromatic heterocycles. The monoisotopic (exact) mass is 768 g/mol. The van der Waals surface area contributed by atoms with Gasteiger partial charge >= 0.3 is 0 Å². The molecular formula is C55H36N4O. The van der Waals surface area contributed by atoms with Crippen molar-refractivity contribution in [2.45, 2.75) is 18.3 Å². The second kappa shape index (κ2) is 13.7. The Bertz CT molecular complexity index is 3210. The van der Waals surface area contributed by atoms with Crippen molar-refractivity contribution in [3.63, 3.8) is 0 Å². The van der Waals surface area contributed by atoms with Gasteiger partial charge in [-0.05, 0) is 76.1 Å². The SMILES string of the molecule is C1=CC(c2nc(-c3ccccc3)nc(-c3ccc4c(c3)Oc3cc(-c5cccc(-c6cccc7cccnc67)c5)ccc3C43c4ccccc4-c4ccccc43)n2)=CCC1. The molecule has 12 rings (SSSR count). The normalized spacial score (nSPS) is 14.2. The minimum absolute atomic E-state index is 0.602. The van der Waals surface area contributed by atoms with E-state index in [1.807, 2.05) is 42.6 Å². The molecule has 5 heteroatoms. The van der Waals surface area contributed by atoms with Crippen LogP contribution in [0.5, 0.6) is 11.5 Å². The van der Waals surface area contributed by atoms with E-state index in [2.05, 4.69) is 152 Å². The summed E-state index contributed by atoms with van der Waals surface area (Å²) in [6.45, 7) is 0. The lowest BCUT2D eigenvalue weighted by molar-refractivity contribution is 0.437. The first-order valence-corrected chi connectivity index (χ1v) is 20.5. The van der Waals surface area contributed by atoms with Crippen molar-refractivity contribution in [3.05, 3.63) is 222 Å². The molecular weight excluding hydrogens is 733 g/mol. The molecule has 1 spiro atoms. The van der Waals surface area contributed by atoms with Crippen LogP contribution in [0.4, 0.5) is 0 Å². The van der Waals surface area contributed by atoms with Gasteiger partial charge in [0.1, 0.15) is 11.5 Å². The highest BCUT2D eigenvalue weighted by molar-refractivity contribution is 5.95. The standard InChI is InChI=1S/C55H36N4O/c1-3-14-36(15-4-1)52-57-53(37-16-5-2-6-17-37)59-54(58-52)41-28-30-48-50(34-41)60-49-33-39(38-19-11-20-40(32-38)42-24-12-18-35-21-13-31-56-51(35)42)27-29-47(49)55(48)45-25-9-7-22-43(45)44-23-8-10-26-46(44)55/h1,3-5,7-34H,2,6H2. The van der Waals surface area contributed by atoms with Gasteiger partial charge in [-0.1, -0.05) is 164 Å². The molecule has 0 bridgehead atoms. The van der Waals surface area contributed by atoms with Gasteiger partial charge in [-0.25, -0.2) is 15.0 Å². The molecule has 0 amide bonds. The van der Waals surface area contributed by atoms with Crippen LogP contribution in [0.3, 0.4) is 0 Å². The molecule has 3 aliphatic rings. The van der Waals surface area contributed by atoms with Crippen molar-refractivity contribution in [1.82, 2.24) is 19.9 Å². The van der Waals surface area contributed by atoms with Crippen LogP contribution in [-0.4, -0.2) is 19.9 Å². The molecule has 282 valence electrons. The Balaban J connectivity index is 1.05. The van der Waals surface area contributed by atoms with E-state index in [9.17, 15) is 0 Å². The third kappa shape index (κ3) is 5.33. The zero-order valence-corrected chi connectivity index (χ0v) is 32.6. The average Bonchev–Trinajstić information content (AvgIpc) is 3.62. The number of fused-ring (bicyclic) bond motifs is 10. The molecule has 0 saturated heterocycles. The van der Waals surface area contributed by atoms with Crippen molar-refractivity contribution in [1.29, 1.82) is 0 Å². The summed E-state index contributed by atoms with van der Waals surface area (Å²) in [6.07, 6.45) is 10.4. The lowest BCUT2D eigenvalue weighted by Gasteiger charge is -2.39. The van der Waals surface area contributed by atoms with Crippen LogP contribution in [0.1, 0.15) is 40.9 Å². The topological polar surface area (TPSA) is 60.8 Å². The summed E-state index contributed by atoms with van der Waals surface area (Å²) in [5, 5.41) is 1.12. The fourth-order valence-corrected chi connectivity index (χ4v) is 9.56. The minimum Gasteiger partial charge on any atom is -0.457 e. The summed E-state index contributed by atoms with van der Waals surface area (Å²) in [5.74, 6) is 3.51. The van der Waals surface area contributed by atoms with Crippen LogP contribution < -0.4 is 4.74 Å². The molecule has 0 saturated carbocycles. The van der Waals surface area contributed by atoms with Gasteiger partial charge in [0.05, 0.1) is 10.9 Å². The number of allylic oxidation sites excluding steroid dienone is 4. The maximum atomic E-state index is 7.15. The van der Waals surface area contributed by atoms with Gasteiger partial charge in [0.15, 0.2) is 17.5 Å². The summed E-state index contributed by atoms with van der Waals surface area (Å²) in [4.78, 5) is 19.9. The predicted octanol–water partition coefficient (Wildman–Crippen LogP) is 13.3. The largest absolute Gasteiger partial charge is 0.457 e. The molecule has 0 radical (unpaired) electrons.